The number of aliphatic hydroxyl groups excluding tert-OH is 1. The fourth-order valence-electron chi connectivity index (χ4n) is 3.26. The third-order valence-corrected chi connectivity index (χ3v) is 4.23. The van der Waals surface area contributed by atoms with Gasteiger partial charge in [-0.1, -0.05) is 24.3 Å². The summed E-state index contributed by atoms with van der Waals surface area (Å²) in [6.45, 7) is 6.41. The molecule has 1 unspecified atom stereocenters. The normalized spacial score (nSPS) is 16.6. The van der Waals surface area contributed by atoms with Crippen LogP contribution in [0.3, 0.4) is 0 Å². The summed E-state index contributed by atoms with van der Waals surface area (Å²) in [4.78, 5) is 26.2. The molecule has 0 fully saturated rings. The van der Waals surface area contributed by atoms with E-state index in [2.05, 4.69) is 27.7 Å². The first-order valence-corrected chi connectivity index (χ1v) is 8.85. The number of aliphatic hydroxyl groups is 1. The molecule has 0 aromatic heterocycles. The molecule has 0 radical (unpaired) electrons. The zero-order valence-corrected chi connectivity index (χ0v) is 15.3. The second kappa shape index (κ2) is 8.45. The molecule has 1 aliphatic rings. The van der Waals surface area contributed by atoms with Gasteiger partial charge in [0.25, 0.3) is 0 Å². The van der Waals surface area contributed by atoms with E-state index in [9.17, 15) is 9.59 Å². The van der Waals surface area contributed by atoms with Crippen molar-refractivity contribution in [3.63, 3.8) is 0 Å². The lowest BCUT2D eigenvalue weighted by atomic mass is 10.1. The molecule has 3 amide bonds. The highest BCUT2D eigenvalue weighted by Gasteiger charge is 2.29. The standard InChI is InChI=1S/C19H29N3O3/c1-19(2,3)21-18(25)20-17(24)13-22(11-6-12-23)16-10-9-14-7-4-5-8-15(14)16/h4-5,7-8,16,23H,6,9-13H2,1-3H3,(H2,20,21,24,25). The molecule has 138 valence electrons. The molecule has 1 aromatic rings. The van der Waals surface area contributed by atoms with Crippen LogP contribution >= 0.6 is 0 Å². The second-order valence-corrected chi connectivity index (χ2v) is 7.55. The van der Waals surface area contributed by atoms with Crippen LogP contribution < -0.4 is 10.6 Å². The van der Waals surface area contributed by atoms with Crippen LogP contribution in [0, 0.1) is 0 Å². The number of imide groups is 1. The summed E-state index contributed by atoms with van der Waals surface area (Å²) >= 11 is 0. The van der Waals surface area contributed by atoms with Gasteiger partial charge in [0.1, 0.15) is 0 Å². The minimum absolute atomic E-state index is 0.0804. The number of fused-ring (bicyclic) bond motifs is 1. The van der Waals surface area contributed by atoms with Crippen LogP contribution in [-0.4, -0.2) is 47.2 Å². The van der Waals surface area contributed by atoms with Crippen molar-refractivity contribution >= 4 is 11.9 Å². The number of hydrogen-bond donors (Lipinski definition) is 3. The number of nitrogens with zero attached hydrogens (tertiary/aromatic N) is 1. The average Bonchev–Trinajstić information content (AvgIpc) is 2.93. The van der Waals surface area contributed by atoms with E-state index in [0.29, 0.717) is 13.0 Å². The Morgan fingerprint density at radius 1 is 1.28 bits per heavy atom. The minimum Gasteiger partial charge on any atom is -0.396 e. The van der Waals surface area contributed by atoms with Crippen molar-refractivity contribution in [3.8, 4) is 0 Å². The number of amides is 3. The molecule has 0 heterocycles. The smallest absolute Gasteiger partial charge is 0.321 e. The van der Waals surface area contributed by atoms with Crippen molar-refractivity contribution in [1.82, 2.24) is 15.5 Å². The quantitative estimate of drug-likeness (QED) is 0.735. The maximum Gasteiger partial charge on any atom is 0.321 e. The molecule has 0 aliphatic heterocycles. The van der Waals surface area contributed by atoms with Crippen molar-refractivity contribution in [2.75, 3.05) is 19.7 Å². The Hall–Kier alpha value is -1.92. The number of rotatable bonds is 6. The van der Waals surface area contributed by atoms with Gasteiger partial charge in [0.05, 0.1) is 6.54 Å². The lowest BCUT2D eigenvalue weighted by molar-refractivity contribution is -0.121. The zero-order valence-electron chi connectivity index (χ0n) is 15.3. The van der Waals surface area contributed by atoms with Gasteiger partial charge in [0.15, 0.2) is 0 Å². The number of aryl methyl sites for hydroxylation is 1. The molecule has 0 bridgehead atoms. The molecule has 3 N–H and O–H groups in total. The Labute approximate surface area is 149 Å². The van der Waals surface area contributed by atoms with Crippen LogP contribution in [0.2, 0.25) is 0 Å². The van der Waals surface area contributed by atoms with Crippen molar-refractivity contribution in [1.29, 1.82) is 0 Å². The van der Waals surface area contributed by atoms with Gasteiger partial charge >= 0.3 is 6.03 Å². The largest absolute Gasteiger partial charge is 0.396 e. The first kappa shape index (κ1) is 19.4. The Morgan fingerprint density at radius 3 is 2.68 bits per heavy atom. The Morgan fingerprint density at radius 2 is 2.00 bits per heavy atom. The number of benzene rings is 1. The van der Waals surface area contributed by atoms with E-state index in [1.54, 1.807) is 0 Å². The molecule has 6 nitrogen and oxygen atoms in total. The maximum atomic E-state index is 12.3. The number of carbonyl (C=O) groups excluding carboxylic acids is 2. The number of urea groups is 1. The van der Waals surface area contributed by atoms with Crippen LogP contribution in [0.1, 0.15) is 50.8 Å². The maximum absolute atomic E-state index is 12.3. The summed E-state index contributed by atoms with van der Waals surface area (Å²) < 4.78 is 0. The van der Waals surface area contributed by atoms with Crippen molar-refractivity contribution < 1.29 is 14.7 Å². The van der Waals surface area contributed by atoms with E-state index in [1.807, 2.05) is 32.9 Å². The van der Waals surface area contributed by atoms with Crippen molar-refractivity contribution in [3.05, 3.63) is 35.4 Å². The Bertz CT molecular complexity index is 610. The molecule has 25 heavy (non-hydrogen) atoms. The summed E-state index contributed by atoms with van der Waals surface area (Å²) in [6.07, 6.45) is 2.54. The number of hydrogen-bond acceptors (Lipinski definition) is 4. The molecule has 1 aromatic carbocycles. The van der Waals surface area contributed by atoms with Gasteiger partial charge in [-0.05, 0) is 51.2 Å². The highest BCUT2D eigenvalue weighted by Crippen LogP contribution is 2.35. The van der Waals surface area contributed by atoms with Crippen LogP contribution in [0.4, 0.5) is 4.79 Å². The van der Waals surface area contributed by atoms with Gasteiger partial charge < -0.3 is 10.4 Å². The van der Waals surface area contributed by atoms with Crippen LogP contribution in [0.25, 0.3) is 0 Å². The highest BCUT2D eigenvalue weighted by molar-refractivity contribution is 5.95. The summed E-state index contributed by atoms with van der Waals surface area (Å²) in [7, 11) is 0. The SMILES string of the molecule is CC(C)(C)NC(=O)NC(=O)CN(CCCO)C1CCc2ccccc21. The fraction of sp³-hybridized carbons (Fsp3) is 0.579. The Kier molecular flexibility index (Phi) is 6.56. The third kappa shape index (κ3) is 5.83. The summed E-state index contributed by atoms with van der Waals surface area (Å²) in [5.41, 5.74) is 2.16. The minimum atomic E-state index is -0.480. The molecular weight excluding hydrogens is 318 g/mol. The highest BCUT2D eigenvalue weighted by atomic mass is 16.3. The summed E-state index contributed by atoms with van der Waals surface area (Å²) in [5, 5.41) is 14.3. The van der Waals surface area contributed by atoms with Gasteiger partial charge in [-0.15, -0.1) is 0 Å². The summed E-state index contributed by atoms with van der Waals surface area (Å²) in [5.74, 6) is -0.330. The fourth-order valence-corrected chi connectivity index (χ4v) is 3.26. The number of carbonyl (C=O) groups is 2. The van der Waals surface area contributed by atoms with Crippen LogP contribution in [-0.2, 0) is 11.2 Å². The van der Waals surface area contributed by atoms with E-state index >= 15 is 0 Å². The molecule has 1 atom stereocenters. The van der Waals surface area contributed by atoms with Crippen LogP contribution in [0.5, 0.6) is 0 Å². The molecule has 1 aliphatic carbocycles. The van der Waals surface area contributed by atoms with E-state index in [0.717, 1.165) is 12.8 Å². The van der Waals surface area contributed by atoms with E-state index in [4.69, 9.17) is 5.11 Å². The first-order valence-electron chi connectivity index (χ1n) is 8.85. The van der Waals surface area contributed by atoms with Crippen molar-refractivity contribution in [2.45, 2.75) is 51.6 Å². The van der Waals surface area contributed by atoms with Gasteiger partial charge in [0.2, 0.25) is 5.91 Å². The number of nitrogens with one attached hydrogen (secondary N) is 2. The molecule has 2 rings (SSSR count). The predicted molar refractivity (Wildman–Crippen MR) is 97.2 cm³/mol. The molecular formula is C19H29N3O3. The third-order valence-electron chi connectivity index (χ3n) is 4.23. The van der Waals surface area contributed by atoms with Gasteiger partial charge in [0, 0.05) is 24.7 Å². The van der Waals surface area contributed by atoms with Gasteiger partial charge in [-0.3, -0.25) is 15.0 Å². The molecule has 0 spiro atoms. The summed E-state index contributed by atoms with van der Waals surface area (Å²) in [6, 6.07) is 7.94. The Balaban J connectivity index is 2.01. The van der Waals surface area contributed by atoms with E-state index in [1.165, 1.54) is 11.1 Å². The van der Waals surface area contributed by atoms with Gasteiger partial charge in [-0.2, -0.15) is 0 Å². The average molecular weight is 347 g/mol. The predicted octanol–water partition coefficient (Wildman–Crippen LogP) is 1.98. The lowest BCUT2D eigenvalue weighted by Crippen LogP contribution is -2.50. The monoisotopic (exact) mass is 347 g/mol. The van der Waals surface area contributed by atoms with Crippen LogP contribution in [0.15, 0.2) is 24.3 Å². The van der Waals surface area contributed by atoms with Gasteiger partial charge in [-0.25, -0.2) is 4.79 Å². The topological polar surface area (TPSA) is 81.7 Å². The first-order chi connectivity index (χ1) is 11.8. The van der Waals surface area contributed by atoms with E-state index < -0.39 is 11.6 Å². The second-order valence-electron chi connectivity index (χ2n) is 7.55. The molecule has 0 saturated heterocycles. The lowest BCUT2D eigenvalue weighted by Gasteiger charge is -2.29. The van der Waals surface area contributed by atoms with E-state index in [-0.39, 0.29) is 25.1 Å². The molecule has 6 heteroatoms. The van der Waals surface area contributed by atoms with Crippen molar-refractivity contribution in [2.24, 2.45) is 0 Å². The zero-order chi connectivity index (χ0) is 18.4. The molecule has 0 saturated carbocycles.